The average Bonchev–Trinajstić information content (AvgIpc) is 2.75. The quantitative estimate of drug-likeness (QED) is 0.521. The van der Waals surface area contributed by atoms with Crippen LogP contribution in [0.1, 0.15) is 0 Å². The fourth-order valence-electron chi connectivity index (χ4n) is 1.75. The molecule has 3 rings (SSSR count). The summed E-state index contributed by atoms with van der Waals surface area (Å²) >= 11 is 1.32. The van der Waals surface area contributed by atoms with Gasteiger partial charge >= 0.3 is 0 Å². The first-order valence-electron chi connectivity index (χ1n) is 5.29. The van der Waals surface area contributed by atoms with Gasteiger partial charge in [0, 0.05) is 0 Å². The Hall–Kier alpha value is -2.14. The molecule has 90 valence electrons. The highest BCUT2D eigenvalue weighted by Gasteiger charge is 2.12. The number of aromatic nitrogens is 1. The standard InChI is InChI=1S/C13H9FN2OS/c14-7-4-5-10-11(6-7)18-13(16-10)8-2-1-3-9(15)12(8)17/h1-6,17H,15H2. The van der Waals surface area contributed by atoms with Gasteiger partial charge in [0.2, 0.25) is 0 Å². The molecule has 3 nitrogen and oxygen atoms in total. The highest BCUT2D eigenvalue weighted by Crippen LogP contribution is 2.37. The minimum Gasteiger partial charge on any atom is -0.505 e. The number of phenolic OH excluding ortho intramolecular Hbond substituents is 1. The van der Waals surface area contributed by atoms with Crippen LogP contribution in [-0.2, 0) is 0 Å². The topological polar surface area (TPSA) is 59.1 Å². The number of nitrogens with two attached hydrogens (primary N) is 1. The van der Waals surface area contributed by atoms with E-state index in [1.165, 1.54) is 23.5 Å². The van der Waals surface area contributed by atoms with E-state index in [4.69, 9.17) is 5.73 Å². The fraction of sp³-hybridized carbons (Fsp3) is 0. The summed E-state index contributed by atoms with van der Waals surface area (Å²) in [5, 5.41) is 10.5. The van der Waals surface area contributed by atoms with Gasteiger partial charge in [-0.25, -0.2) is 9.37 Å². The number of nitrogens with zero attached hydrogens (tertiary/aromatic N) is 1. The van der Waals surface area contributed by atoms with Crippen LogP contribution in [-0.4, -0.2) is 10.1 Å². The summed E-state index contributed by atoms with van der Waals surface area (Å²) in [6, 6.07) is 9.52. The molecular weight excluding hydrogens is 251 g/mol. The Balaban J connectivity index is 2.22. The van der Waals surface area contributed by atoms with Crippen molar-refractivity contribution in [3.8, 4) is 16.3 Å². The van der Waals surface area contributed by atoms with Gasteiger partial charge in [0.05, 0.1) is 21.5 Å². The molecule has 0 spiro atoms. The number of anilines is 1. The molecule has 5 heteroatoms. The summed E-state index contributed by atoms with van der Waals surface area (Å²) in [6.45, 7) is 0. The van der Waals surface area contributed by atoms with E-state index in [-0.39, 0.29) is 11.6 Å². The Labute approximate surface area is 106 Å². The second kappa shape index (κ2) is 3.96. The maximum atomic E-state index is 13.1. The van der Waals surface area contributed by atoms with Gasteiger partial charge in [-0.2, -0.15) is 0 Å². The van der Waals surface area contributed by atoms with Gasteiger partial charge in [0.1, 0.15) is 16.6 Å². The smallest absolute Gasteiger partial charge is 0.148 e. The largest absolute Gasteiger partial charge is 0.505 e. The first kappa shape index (κ1) is 11.0. The van der Waals surface area contributed by atoms with Crippen molar-refractivity contribution in [1.29, 1.82) is 0 Å². The Morgan fingerprint density at radius 2 is 2.06 bits per heavy atom. The van der Waals surface area contributed by atoms with Crippen LogP contribution in [0.15, 0.2) is 36.4 Å². The molecule has 1 heterocycles. The molecule has 0 atom stereocenters. The van der Waals surface area contributed by atoms with Gasteiger partial charge in [-0.05, 0) is 30.3 Å². The molecule has 2 aromatic carbocycles. The van der Waals surface area contributed by atoms with Crippen molar-refractivity contribution in [3.05, 3.63) is 42.2 Å². The Morgan fingerprint density at radius 3 is 2.89 bits per heavy atom. The number of para-hydroxylation sites is 1. The number of hydrogen-bond donors (Lipinski definition) is 2. The van der Waals surface area contributed by atoms with E-state index in [1.54, 1.807) is 24.3 Å². The number of thiazole rings is 1. The van der Waals surface area contributed by atoms with Crippen molar-refractivity contribution < 1.29 is 9.50 Å². The van der Waals surface area contributed by atoms with Crippen molar-refractivity contribution in [1.82, 2.24) is 4.98 Å². The third-order valence-corrected chi connectivity index (χ3v) is 3.70. The zero-order valence-corrected chi connectivity index (χ0v) is 10.0. The molecule has 0 saturated carbocycles. The average molecular weight is 260 g/mol. The van der Waals surface area contributed by atoms with Crippen LogP contribution in [0.2, 0.25) is 0 Å². The van der Waals surface area contributed by atoms with Crippen LogP contribution >= 0.6 is 11.3 Å². The van der Waals surface area contributed by atoms with Gasteiger partial charge in [0.15, 0.2) is 0 Å². The Morgan fingerprint density at radius 1 is 1.22 bits per heavy atom. The van der Waals surface area contributed by atoms with Gasteiger partial charge in [-0.15, -0.1) is 11.3 Å². The van der Waals surface area contributed by atoms with Crippen LogP contribution in [0, 0.1) is 5.82 Å². The summed E-state index contributed by atoms with van der Waals surface area (Å²) in [5.74, 6) is -0.286. The molecule has 18 heavy (non-hydrogen) atoms. The lowest BCUT2D eigenvalue weighted by atomic mass is 10.2. The van der Waals surface area contributed by atoms with Gasteiger partial charge in [-0.3, -0.25) is 0 Å². The molecule has 0 saturated heterocycles. The first-order chi connectivity index (χ1) is 8.65. The van der Waals surface area contributed by atoms with Crippen molar-refractivity contribution in [2.75, 3.05) is 5.73 Å². The maximum absolute atomic E-state index is 13.1. The summed E-state index contributed by atoms with van der Waals surface area (Å²) in [6.07, 6.45) is 0. The van der Waals surface area contributed by atoms with Crippen molar-refractivity contribution >= 4 is 27.2 Å². The molecule has 1 aromatic heterocycles. The van der Waals surface area contributed by atoms with Gasteiger partial charge in [-0.1, -0.05) is 6.07 Å². The van der Waals surface area contributed by atoms with Crippen LogP contribution in [0.5, 0.6) is 5.75 Å². The first-order valence-corrected chi connectivity index (χ1v) is 6.11. The van der Waals surface area contributed by atoms with Crippen LogP contribution in [0.4, 0.5) is 10.1 Å². The molecule has 0 aliphatic carbocycles. The zero-order valence-electron chi connectivity index (χ0n) is 9.22. The molecule has 0 fully saturated rings. The lowest BCUT2D eigenvalue weighted by Crippen LogP contribution is -1.87. The third kappa shape index (κ3) is 1.69. The van der Waals surface area contributed by atoms with Crippen LogP contribution in [0.25, 0.3) is 20.8 Å². The minimum absolute atomic E-state index is 0.0111. The number of nitrogen functional groups attached to an aromatic ring is 1. The van der Waals surface area contributed by atoms with Crippen LogP contribution < -0.4 is 5.73 Å². The molecule has 0 aliphatic heterocycles. The van der Waals surface area contributed by atoms with Gasteiger partial charge in [0.25, 0.3) is 0 Å². The summed E-state index contributed by atoms with van der Waals surface area (Å²) < 4.78 is 13.8. The second-order valence-electron chi connectivity index (χ2n) is 3.87. The predicted molar refractivity (Wildman–Crippen MR) is 71.1 cm³/mol. The molecule has 0 amide bonds. The molecule has 0 aliphatic rings. The number of rotatable bonds is 1. The number of halogens is 1. The number of phenols is 1. The van der Waals surface area contributed by atoms with Gasteiger partial charge < -0.3 is 10.8 Å². The molecule has 3 aromatic rings. The summed E-state index contributed by atoms with van der Waals surface area (Å²) in [7, 11) is 0. The number of fused-ring (bicyclic) bond motifs is 1. The summed E-state index contributed by atoms with van der Waals surface area (Å²) in [5.41, 5.74) is 7.22. The van der Waals surface area contributed by atoms with E-state index < -0.39 is 0 Å². The molecular formula is C13H9FN2OS. The number of benzene rings is 2. The maximum Gasteiger partial charge on any atom is 0.148 e. The summed E-state index contributed by atoms with van der Waals surface area (Å²) in [4.78, 5) is 4.36. The normalized spacial score (nSPS) is 10.9. The van der Waals surface area contributed by atoms with E-state index in [0.29, 0.717) is 21.8 Å². The van der Waals surface area contributed by atoms with E-state index >= 15 is 0 Å². The zero-order chi connectivity index (χ0) is 12.7. The van der Waals surface area contributed by atoms with E-state index in [1.807, 2.05) is 0 Å². The highest BCUT2D eigenvalue weighted by atomic mass is 32.1. The Kier molecular flexibility index (Phi) is 2.41. The molecule has 0 radical (unpaired) electrons. The van der Waals surface area contributed by atoms with Crippen LogP contribution in [0.3, 0.4) is 0 Å². The third-order valence-electron chi connectivity index (χ3n) is 2.65. The Bertz CT molecular complexity index is 739. The minimum atomic E-state index is -0.297. The van der Waals surface area contributed by atoms with Crippen molar-refractivity contribution in [3.63, 3.8) is 0 Å². The SMILES string of the molecule is Nc1cccc(-c2nc3ccc(F)cc3s2)c1O. The molecule has 0 unspecified atom stereocenters. The lowest BCUT2D eigenvalue weighted by Gasteiger charge is -2.02. The monoisotopic (exact) mass is 260 g/mol. The highest BCUT2D eigenvalue weighted by molar-refractivity contribution is 7.21. The number of hydrogen-bond acceptors (Lipinski definition) is 4. The van der Waals surface area contributed by atoms with E-state index in [0.717, 1.165) is 4.70 Å². The predicted octanol–water partition coefficient (Wildman–Crippen LogP) is 3.39. The van der Waals surface area contributed by atoms with E-state index in [9.17, 15) is 9.50 Å². The lowest BCUT2D eigenvalue weighted by molar-refractivity contribution is 0.480. The van der Waals surface area contributed by atoms with E-state index in [2.05, 4.69) is 4.98 Å². The van der Waals surface area contributed by atoms with Crippen molar-refractivity contribution in [2.24, 2.45) is 0 Å². The number of aromatic hydroxyl groups is 1. The second-order valence-corrected chi connectivity index (χ2v) is 4.91. The molecule has 3 N–H and O–H groups in total. The fourth-order valence-corrected chi connectivity index (χ4v) is 2.76. The molecule has 0 bridgehead atoms. The van der Waals surface area contributed by atoms with Crippen molar-refractivity contribution in [2.45, 2.75) is 0 Å².